The van der Waals surface area contributed by atoms with Gasteiger partial charge in [-0.25, -0.2) is 0 Å². The zero-order valence-electron chi connectivity index (χ0n) is 16.0. The second-order valence-corrected chi connectivity index (χ2v) is 7.31. The van der Waals surface area contributed by atoms with Crippen molar-refractivity contribution < 1.29 is 9.47 Å². The smallest absolute Gasteiger partial charge is 0.118 e. The molecule has 140 valence electrons. The van der Waals surface area contributed by atoms with Crippen LogP contribution in [0.15, 0.2) is 66.7 Å². The standard InChI is InChI=1S/C24H25ClO2/c1-17(25)23-6-4-5-20(15-18-7-11-21(26-2)12-8-18)24(23)16-19-9-13-22(27-3)14-10-19/h4-14,17H,15-16H2,1-3H3. The molecule has 1 unspecified atom stereocenters. The van der Waals surface area contributed by atoms with Gasteiger partial charge in [-0.05, 0) is 71.8 Å². The van der Waals surface area contributed by atoms with Gasteiger partial charge in [-0.1, -0.05) is 42.5 Å². The van der Waals surface area contributed by atoms with E-state index in [1.54, 1.807) is 14.2 Å². The molecule has 27 heavy (non-hydrogen) atoms. The third-order valence-electron chi connectivity index (χ3n) is 4.83. The van der Waals surface area contributed by atoms with Gasteiger partial charge < -0.3 is 9.47 Å². The highest BCUT2D eigenvalue weighted by Crippen LogP contribution is 2.30. The molecule has 0 bridgehead atoms. The van der Waals surface area contributed by atoms with Gasteiger partial charge in [-0.2, -0.15) is 0 Å². The number of alkyl halides is 1. The molecule has 3 rings (SSSR count). The van der Waals surface area contributed by atoms with Crippen molar-refractivity contribution in [2.24, 2.45) is 0 Å². The maximum Gasteiger partial charge on any atom is 0.118 e. The monoisotopic (exact) mass is 380 g/mol. The minimum absolute atomic E-state index is 0.0333. The average Bonchev–Trinajstić information content (AvgIpc) is 2.70. The Bertz CT molecular complexity index is 868. The molecule has 0 aliphatic rings. The molecule has 0 heterocycles. The maximum absolute atomic E-state index is 6.50. The SMILES string of the molecule is COc1ccc(Cc2cccc(C(C)Cl)c2Cc2ccc(OC)cc2)cc1. The fourth-order valence-corrected chi connectivity index (χ4v) is 3.52. The first-order valence-corrected chi connectivity index (χ1v) is 9.55. The highest BCUT2D eigenvalue weighted by molar-refractivity contribution is 6.20. The van der Waals surface area contributed by atoms with E-state index in [1.807, 2.05) is 31.2 Å². The van der Waals surface area contributed by atoms with Gasteiger partial charge in [0.05, 0.1) is 19.6 Å². The van der Waals surface area contributed by atoms with Crippen LogP contribution in [0.4, 0.5) is 0 Å². The van der Waals surface area contributed by atoms with Gasteiger partial charge in [-0.15, -0.1) is 11.6 Å². The first kappa shape index (κ1) is 19.3. The number of hydrogen-bond donors (Lipinski definition) is 0. The molecule has 3 heteroatoms. The molecule has 0 aliphatic heterocycles. The van der Waals surface area contributed by atoms with Gasteiger partial charge in [0.25, 0.3) is 0 Å². The van der Waals surface area contributed by atoms with Gasteiger partial charge in [0.15, 0.2) is 0 Å². The Morgan fingerprint density at radius 3 is 1.74 bits per heavy atom. The first-order valence-electron chi connectivity index (χ1n) is 9.11. The zero-order valence-corrected chi connectivity index (χ0v) is 16.8. The number of hydrogen-bond acceptors (Lipinski definition) is 2. The summed E-state index contributed by atoms with van der Waals surface area (Å²) in [5.41, 5.74) is 6.31. The van der Waals surface area contributed by atoms with E-state index in [4.69, 9.17) is 21.1 Å². The van der Waals surface area contributed by atoms with Crippen LogP contribution in [0.25, 0.3) is 0 Å². The van der Waals surface area contributed by atoms with E-state index in [2.05, 4.69) is 42.5 Å². The molecule has 0 saturated carbocycles. The first-order chi connectivity index (χ1) is 13.1. The summed E-state index contributed by atoms with van der Waals surface area (Å²) in [5, 5.41) is -0.0333. The summed E-state index contributed by atoms with van der Waals surface area (Å²) < 4.78 is 10.5. The third kappa shape index (κ3) is 4.84. The Balaban J connectivity index is 1.93. The minimum atomic E-state index is -0.0333. The van der Waals surface area contributed by atoms with Crippen LogP contribution in [-0.4, -0.2) is 14.2 Å². The molecule has 0 radical (unpaired) electrons. The van der Waals surface area contributed by atoms with E-state index in [1.165, 1.54) is 27.8 Å². The Kier molecular flexibility index (Phi) is 6.41. The number of benzene rings is 3. The van der Waals surface area contributed by atoms with Gasteiger partial charge in [0.1, 0.15) is 11.5 Å². The van der Waals surface area contributed by atoms with Crippen LogP contribution in [0.3, 0.4) is 0 Å². The van der Waals surface area contributed by atoms with Crippen LogP contribution in [-0.2, 0) is 12.8 Å². The minimum Gasteiger partial charge on any atom is -0.497 e. The van der Waals surface area contributed by atoms with Crippen molar-refractivity contribution in [1.82, 2.24) is 0 Å². The van der Waals surface area contributed by atoms with Crippen LogP contribution in [0.5, 0.6) is 11.5 Å². The van der Waals surface area contributed by atoms with E-state index < -0.39 is 0 Å². The van der Waals surface area contributed by atoms with Crippen molar-refractivity contribution in [3.63, 3.8) is 0 Å². The van der Waals surface area contributed by atoms with Crippen molar-refractivity contribution in [3.8, 4) is 11.5 Å². The van der Waals surface area contributed by atoms with Gasteiger partial charge in [-0.3, -0.25) is 0 Å². The van der Waals surface area contributed by atoms with Crippen LogP contribution in [0.2, 0.25) is 0 Å². The molecule has 2 nitrogen and oxygen atoms in total. The van der Waals surface area contributed by atoms with E-state index >= 15 is 0 Å². The number of halogens is 1. The van der Waals surface area contributed by atoms with E-state index in [0.717, 1.165) is 24.3 Å². The molecule has 0 amide bonds. The number of methoxy groups -OCH3 is 2. The number of ether oxygens (including phenoxy) is 2. The summed E-state index contributed by atoms with van der Waals surface area (Å²) in [7, 11) is 3.37. The maximum atomic E-state index is 6.50. The highest BCUT2D eigenvalue weighted by Gasteiger charge is 2.14. The molecule has 0 saturated heterocycles. The summed E-state index contributed by atoms with van der Waals surface area (Å²) in [6.07, 6.45) is 1.72. The molecule has 0 N–H and O–H groups in total. The summed E-state index contributed by atoms with van der Waals surface area (Å²) in [6, 6.07) is 22.9. The predicted molar refractivity (Wildman–Crippen MR) is 112 cm³/mol. The Labute approximate surface area is 166 Å². The zero-order chi connectivity index (χ0) is 19.2. The molecular weight excluding hydrogens is 356 g/mol. The van der Waals surface area contributed by atoms with E-state index in [-0.39, 0.29) is 5.38 Å². The largest absolute Gasteiger partial charge is 0.497 e. The van der Waals surface area contributed by atoms with Crippen molar-refractivity contribution in [2.75, 3.05) is 14.2 Å². The Morgan fingerprint density at radius 2 is 1.26 bits per heavy atom. The van der Waals surface area contributed by atoms with Crippen molar-refractivity contribution in [1.29, 1.82) is 0 Å². The number of rotatable bonds is 7. The normalized spacial score (nSPS) is 11.9. The van der Waals surface area contributed by atoms with Crippen molar-refractivity contribution in [3.05, 3.63) is 94.5 Å². The molecular formula is C24H25ClO2. The summed E-state index contributed by atoms with van der Waals surface area (Å²) in [4.78, 5) is 0. The molecule has 3 aromatic rings. The molecule has 0 aliphatic carbocycles. The lowest BCUT2D eigenvalue weighted by molar-refractivity contribution is 0.414. The average molecular weight is 381 g/mol. The van der Waals surface area contributed by atoms with Gasteiger partial charge in [0.2, 0.25) is 0 Å². The quantitative estimate of drug-likeness (QED) is 0.455. The molecule has 1 atom stereocenters. The second kappa shape index (κ2) is 8.96. The predicted octanol–water partition coefficient (Wildman–Crippen LogP) is 6.19. The third-order valence-corrected chi connectivity index (χ3v) is 5.07. The Hall–Kier alpha value is -2.45. The molecule has 3 aromatic carbocycles. The fourth-order valence-electron chi connectivity index (χ4n) is 3.32. The lowest BCUT2D eigenvalue weighted by Crippen LogP contribution is -2.03. The second-order valence-electron chi connectivity index (χ2n) is 6.65. The van der Waals surface area contributed by atoms with Gasteiger partial charge in [0, 0.05) is 0 Å². The van der Waals surface area contributed by atoms with Crippen LogP contribution < -0.4 is 9.47 Å². The van der Waals surface area contributed by atoms with Crippen molar-refractivity contribution >= 4 is 11.6 Å². The fraction of sp³-hybridized carbons (Fsp3) is 0.250. The van der Waals surface area contributed by atoms with Crippen LogP contribution in [0, 0.1) is 0 Å². The van der Waals surface area contributed by atoms with E-state index in [9.17, 15) is 0 Å². The summed E-state index contributed by atoms with van der Waals surface area (Å²) in [5.74, 6) is 1.75. The molecule has 0 spiro atoms. The summed E-state index contributed by atoms with van der Waals surface area (Å²) in [6.45, 7) is 2.03. The lowest BCUT2D eigenvalue weighted by Gasteiger charge is -2.17. The lowest BCUT2D eigenvalue weighted by atomic mass is 9.90. The van der Waals surface area contributed by atoms with Crippen LogP contribution in [0.1, 0.15) is 40.1 Å². The van der Waals surface area contributed by atoms with Crippen molar-refractivity contribution in [2.45, 2.75) is 25.1 Å². The summed E-state index contributed by atoms with van der Waals surface area (Å²) >= 11 is 6.50. The highest BCUT2D eigenvalue weighted by atomic mass is 35.5. The Morgan fingerprint density at radius 1 is 0.741 bits per heavy atom. The molecule has 0 fully saturated rings. The van der Waals surface area contributed by atoms with Crippen LogP contribution >= 0.6 is 11.6 Å². The molecule has 0 aromatic heterocycles. The van der Waals surface area contributed by atoms with Gasteiger partial charge >= 0.3 is 0 Å². The topological polar surface area (TPSA) is 18.5 Å². The van der Waals surface area contributed by atoms with E-state index in [0.29, 0.717) is 0 Å².